The first-order valence-electron chi connectivity index (χ1n) is 10.5. The van der Waals surface area contributed by atoms with Gasteiger partial charge in [0.25, 0.3) is 0 Å². The predicted molar refractivity (Wildman–Crippen MR) is 111 cm³/mol. The minimum atomic E-state index is 0.365. The van der Waals surface area contributed by atoms with Crippen LogP contribution in [-0.2, 0) is 11.2 Å². The number of carbonyl (C=O) groups is 1. The van der Waals surface area contributed by atoms with E-state index in [-0.39, 0.29) is 0 Å². The lowest BCUT2D eigenvalue weighted by molar-refractivity contribution is -0.118. The van der Waals surface area contributed by atoms with E-state index in [9.17, 15) is 4.79 Å². The van der Waals surface area contributed by atoms with Gasteiger partial charge >= 0.3 is 0 Å². The molecule has 0 unspecified atom stereocenters. The van der Waals surface area contributed by atoms with Crippen molar-refractivity contribution in [1.82, 2.24) is 4.57 Å². The van der Waals surface area contributed by atoms with Gasteiger partial charge in [0, 0.05) is 30.9 Å². The molecule has 0 aliphatic rings. The highest BCUT2D eigenvalue weighted by Gasteiger charge is 2.08. The predicted octanol–water partition coefficient (Wildman–Crippen LogP) is 6.90. The molecule has 1 aromatic heterocycles. The maximum Gasteiger partial charge on any atom is 0.137 e. The molecule has 142 valence electrons. The summed E-state index contributed by atoms with van der Waals surface area (Å²) >= 11 is 0. The molecule has 0 N–H and O–H groups in total. The van der Waals surface area contributed by atoms with Crippen molar-refractivity contribution >= 4 is 5.78 Å². The first-order valence-corrected chi connectivity index (χ1v) is 10.5. The Balaban J connectivity index is 1.60. The number of benzene rings is 1. The number of unbranched alkanes of at least 4 members (excludes halogenated alkanes) is 9. The summed E-state index contributed by atoms with van der Waals surface area (Å²) in [6.07, 6.45) is 18.4. The molecule has 0 fully saturated rings. The zero-order valence-corrected chi connectivity index (χ0v) is 16.5. The number of ketones is 1. The lowest BCUT2D eigenvalue weighted by Gasteiger charge is -2.10. The van der Waals surface area contributed by atoms with Crippen LogP contribution < -0.4 is 0 Å². The van der Waals surface area contributed by atoms with Crippen molar-refractivity contribution in [3.63, 3.8) is 0 Å². The third-order valence-electron chi connectivity index (χ3n) is 5.07. The molecule has 0 spiro atoms. The van der Waals surface area contributed by atoms with Gasteiger partial charge < -0.3 is 4.57 Å². The molecule has 0 saturated heterocycles. The number of aromatic nitrogens is 1. The van der Waals surface area contributed by atoms with Gasteiger partial charge in [-0.05, 0) is 30.2 Å². The molecule has 0 saturated carbocycles. The standard InChI is InChI=1S/C24H35NO/c1-2-3-4-5-6-7-8-9-10-11-17-23(26)21-22-16-12-13-18-24(22)25-19-14-15-20-25/h12-16,18-20H,2-11,17,21H2,1H3. The Morgan fingerprint density at radius 1 is 0.769 bits per heavy atom. The van der Waals surface area contributed by atoms with E-state index in [1.165, 1.54) is 57.8 Å². The highest BCUT2D eigenvalue weighted by atomic mass is 16.1. The average molecular weight is 354 g/mol. The van der Waals surface area contributed by atoms with Gasteiger partial charge in [0.15, 0.2) is 0 Å². The second-order valence-electron chi connectivity index (χ2n) is 7.37. The highest BCUT2D eigenvalue weighted by Crippen LogP contribution is 2.17. The number of nitrogens with zero attached hydrogens (tertiary/aromatic N) is 1. The van der Waals surface area contributed by atoms with E-state index in [0.29, 0.717) is 12.2 Å². The molecule has 0 bridgehead atoms. The van der Waals surface area contributed by atoms with E-state index in [4.69, 9.17) is 0 Å². The summed E-state index contributed by atoms with van der Waals surface area (Å²) in [5.41, 5.74) is 2.25. The van der Waals surface area contributed by atoms with Crippen molar-refractivity contribution in [1.29, 1.82) is 0 Å². The molecule has 2 aromatic rings. The largest absolute Gasteiger partial charge is 0.324 e. The topological polar surface area (TPSA) is 22.0 Å². The molecule has 0 aliphatic carbocycles. The lowest BCUT2D eigenvalue weighted by Crippen LogP contribution is -2.06. The molecule has 2 rings (SSSR count). The number of rotatable bonds is 14. The zero-order chi connectivity index (χ0) is 18.5. The second kappa shape index (κ2) is 12.5. The second-order valence-corrected chi connectivity index (χ2v) is 7.37. The summed E-state index contributed by atoms with van der Waals surface area (Å²) in [5.74, 6) is 0.365. The van der Waals surface area contributed by atoms with Gasteiger partial charge in [0.2, 0.25) is 0 Å². The fraction of sp³-hybridized carbons (Fsp3) is 0.542. The smallest absolute Gasteiger partial charge is 0.137 e. The minimum Gasteiger partial charge on any atom is -0.324 e. The third-order valence-corrected chi connectivity index (χ3v) is 5.07. The molecule has 0 aliphatic heterocycles. The Morgan fingerprint density at radius 3 is 2.00 bits per heavy atom. The average Bonchev–Trinajstić information content (AvgIpc) is 3.18. The number of para-hydroxylation sites is 1. The Kier molecular flexibility index (Phi) is 9.86. The van der Waals surface area contributed by atoms with E-state index in [0.717, 1.165) is 24.1 Å². The molecule has 0 amide bonds. The fourth-order valence-corrected chi connectivity index (χ4v) is 3.52. The molecule has 0 radical (unpaired) electrons. The van der Waals surface area contributed by atoms with Crippen LogP contribution in [0.2, 0.25) is 0 Å². The Morgan fingerprint density at radius 2 is 1.35 bits per heavy atom. The number of carbonyl (C=O) groups excluding carboxylic acids is 1. The number of hydrogen-bond donors (Lipinski definition) is 0. The lowest BCUT2D eigenvalue weighted by atomic mass is 10.0. The normalized spacial score (nSPS) is 11.0. The van der Waals surface area contributed by atoms with Crippen LogP contribution in [0.1, 0.15) is 83.1 Å². The molecular formula is C24H35NO. The van der Waals surface area contributed by atoms with Crippen molar-refractivity contribution in [2.75, 3.05) is 0 Å². The van der Waals surface area contributed by atoms with Crippen LogP contribution in [0.15, 0.2) is 48.8 Å². The summed E-state index contributed by atoms with van der Waals surface area (Å²) in [6.45, 7) is 2.26. The van der Waals surface area contributed by atoms with Crippen LogP contribution in [0.3, 0.4) is 0 Å². The van der Waals surface area contributed by atoms with Crippen LogP contribution in [0, 0.1) is 0 Å². The van der Waals surface area contributed by atoms with E-state index in [1.807, 2.05) is 36.7 Å². The summed E-state index contributed by atoms with van der Waals surface area (Å²) in [5, 5.41) is 0. The van der Waals surface area contributed by atoms with Gasteiger partial charge in [-0.15, -0.1) is 0 Å². The molecule has 1 aromatic carbocycles. The van der Waals surface area contributed by atoms with E-state index in [2.05, 4.69) is 23.6 Å². The molecule has 26 heavy (non-hydrogen) atoms. The Labute approximate surface area is 159 Å². The number of Topliss-reactive ketones (excluding diaryl/α,β-unsaturated/α-hetero) is 1. The van der Waals surface area contributed by atoms with Crippen LogP contribution in [0.5, 0.6) is 0 Å². The quantitative estimate of drug-likeness (QED) is 0.339. The van der Waals surface area contributed by atoms with Crippen molar-refractivity contribution in [2.45, 2.75) is 84.0 Å². The van der Waals surface area contributed by atoms with Gasteiger partial charge in [-0.2, -0.15) is 0 Å². The van der Waals surface area contributed by atoms with Gasteiger partial charge in [-0.1, -0.05) is 82.9 Å². The van der Waals surface area contributed by atoms with Crippen molar-refractivity contribution in [3.8, 4) is 5.69 Å². The Hall–Kier alpha value is -1.83. The number of hydrogen-bond acceptors (Lipinski definition) is 1. The molecule has 2 nitrogen and oxygen atoms in total. The molecule has 0 atom stereocenters. The van der Waals surface area contributed by atoms with E-state index < -0.39 is 0 Å². The molecule has 2 heteroatoms. The summed E-state index contributed by atoms with van der Waals surface area (Å²) in [4.78, 5) is 12.4. The zero-order valence-electron chi connectivity index (χ0n) is 16.5. The first-order chi connectivity index (χ1) is 12.8. The van der Waals surface area contributed by atoms with Crippen LogP contribution in [0.25, 0.3) is 5.69 Å². The summed E-state index contributed by atoms with van der Waals surface area (Å²) < 4.78 is 2.09. The summed E-state index contributed by atoms with van der Waals surface area (Å²) in [7, 11) is 0. The van der Waals surface area contributed by atoms with E-state index >= 15 is 0 Å². The van der Waals surface area contributed by atoms with Crippen LogP contribution in [-0.4, -0.2) is 10.4 Å². The van der Waals surface area contributed by atoms with Crippen molar-refractivity contribution in [3.05, 3.63) is 54.4 Å². The van der Waals surface area contributed by atoms with E-state index in [1.54, 1.807) is 0 Å². The maximum atomic E-state index is 12.4. The maximum absolute atomic E-state index is 12.4. The van der Waals surface area contributed by atoms with Gasteiger partial charge in [0.1, 0.15) is 5.78 Å². The van der Waals surface area contributed by atoms with Crippen molar-refractivity contribution < 1.29 is 4.79 Å². The fourth-order valence-electron chi connectivity index (χ4n) is 3.52. The summed E-state index contributed by atoms with van der Waals surface area (Å²) in [6, 6.07) is 12.3. The highest BCUT2D eigenvalue weighted by molar-refractivity contribution is 5.81. The van der Waals surface area contributed by atoms with Gasteiger partial charge in [-0.3, -0.25) is 4.79 Å². The minimum absolute atomic E-state index is 0.365. The van der Waals surface area contributed by atoms with Gasteiger partial charge in [0.05, 0.1) is 0 Å². The SMILES string of the molecule is CCCCCCCCCCCCC(=O)Cc1ccccc1-n1cccc1. The molecular weight excluding hydrogens is 318 g/mol. The van der Waals surface area contributed by atoms with Crippen LogP contribution >= 0.6 is 0 Å². The van der Waals surface area contributed by atoms with Gasteiger partial charge in [-0.25, -0.2) is 0 Å². The molecule has 1 heterocycles. The Bertz CT molecular complexity index is 615. The van der Waals surface area contributed by atoms with Crippen LogP contribution in [0.4, 0.5) is 0 Å². The van der Waals surface area contributed by atoms with Crippen molar-refractivity contribution in [2.24, 2.45) is 0 Å². The monoisotopic (exact) mass is 353 g/mol. The third kappa shape index (κ3) is 7.59. The first kappa shape index (κ1) is 20.5.